The van der Waals surface area contributed by atoms with Gasteiger partial charge in [0.15, 0.2) is 0 Å². The Hall–Kier alpha value is -2.00. The van der Waals surface area contributed by atoms with Crippen LogP contribution in [0.1, 0.15) is 33.9 Å². The smallest absolute Gasteiger partial charge is 0.124 e. The Balaban J connectivity index is 1.89. The molecule has 0 saturated heterocycles. The molecule has 0 bridgehead atoms. The number of aryl methyl sites for hydroxylation is 2. The number of hydrogen-bond acceptors (Lipinski definition) is 3. The molecule has 3 heteroatoms. The Bertz CT molecular complexity index is 671. The van der Waals surface area contributed by atoms with E-state index >= 15 is 0 Å². The van der Waals surface area contributed by atoms with Gasteiger partial charge in [-0.2, -0.15) is 0 Å². The molecule has 22 heavy (non-hydrogen) atoms. The molecule has 116 valence electrons. The molecule has 0 saturated carbocycles. The van der Waals surface area contributed by atoms with Crippen LogP contribution < -0.4 is 10.1 Å². The summed E-state index contributed by atoms with van der Waals surface area (Å²) >= 11 is 0. The van der Waals surface area contributed by atoms with Gasteiger partial charge in [0, 0.05) is 6.04 Å². The molecule has 1 heterocycles. The van der Waals surface area contributed by atoms with E-state index in [-0.39, 0.29) is 0 Å². The minimum atomic E-state index is 0.302. The maximum absolute atomic E-state index is 9.66. The molecule has 0 amide bonds. The van der Waals surface area contributed by atoms with E-state index in [1.807, 2.05) is 12.1 Å². The Morgan fingerprint density at radius 3 is 2.59 bits per heavy atom. The fourth-order valence-electron chi connectivity index (χ4n) is 3.54. The van der Waals surface area contributed by atoms with Gasteiger partial charge in [-0.05, 0) is 73.2 Å². The van der Waals surface area contributed by atoms with Crippen molar-refractivity contribution in [1.82, 2.24) is 5.32 Å². The maximum Gasteiger partial charge on any atom is 0.124 e. The predicted octanol–water partition coefficient (Wildman–Crippen LogP) is 3.45. The Morgan fingerprint density at radius 1 is 1.18 bits per heavy atom. The topological polar surface area (TPSA) is 41.5 Å². The van der Waals surface area contributed by atoms with E-state index in [4.69, 9.17) is 4.74 Å². The summed E-state index contributed by atoms with van der Waals surface area (Å²) in [6, 6.07) is 10.4. The Labute approximate surface area is 131 Å². The molecule has 1 aliphatic heterocycles. The quantitative estimate of drug-likeness (QED) is 0.912. The number of nitrogens with one attached hydrogen (secondary N) is 1. The molecule has 2 N–H and O–H groups in total. The Morgan fingerprint density at radius 2 is 1.91 bits per heavy atom. The molecular formula is C19H23NO2. The highest BCUT2D eigenvalue weighted by atomic mass is 16.5. The second kappa shape index (κ2) is 6.01. The average Bonchev–Trinajstić information content (AvgIpc) is 2.47. The summed E-state index contributed by atoms with van der Waals surface area (Å²) in [7, 11) is 1.72. The minimum absolute atomic E-state index is 0.302. The number of benzene rings is 2. The van der Waals surface area contributed by atoms with Crippen molar-refractivity contribution in [3.63, 3.8) is 0 Å². The summed E-state index contributed by atoms with van der Waals surface area (Å²) in [5.74, 6) is 1.33. The monoisotopic (exact) mass is 297 g/mol. The van der Waals surface area contributed by atoms with Gasteiger partial charge in [-0.15, -0.1) is 0 Å². The number of fused-ring (bicyclic) bond motifs is 1. The van der Waals surface area contributed by atoms with Crippen molar-refractivity contribution in [3.8, 4) is 11.5 Å². The third kappa shape index (κ3) is 2.81. The van der Waals surface area contributed by atoms with Crippen LogP contribution in [0.3, 0.4) is 0 Å². The lowest BCUT2D eigenvalue weighted by molar-refractivity contribution is 0.408. The molecule has 0 aliphatic carbocycles. The van der Waals surface area contributed by atoms with Crippen LogP contribution in [0.25, 0.3) is 0 Å². The van der Waals surface area contributed by atoms with Crippen LogP contribution in [-0.4, -0.2) is 18.8 Å². The number of ether oxygens (including phenoxy) is 1. The fourth-order valence-corrected chi connectivity index (χ4v) is 3.54. The summed E-state index contributed by atoms with van der Waals surface area (Å²) in [6.45, 7) is 5.14. The second-order valence-electron chi connectivity index (χ2n) is 6.11. The highest BCUT2D eigenvalue weighted by Gasteiger charge is 2.20. The van der Waals surface area contributed by atoms with Crippen molar-refractivity contribution < 1.29 is 9.84 Å². The van der Waals surface area contributed by atoms with Gasteiger partial charge in [0.05, 0.1) is 7.11 Å². The predicted molar refractivity (Wildman–Crippen MR) is 88.7 cm³/mol. The third-order valence-electron chi connectivity index (χ3n) is 4.45. The third-order valence-corrected chi connectivity index (χ3v) is 4.45. The summed E-state index contributed by atoms with van der Waals surface area (Å²) < 4.78 is 5.45. The second-order valence-corrected chi connectivity index (χ2v) is 6.11. The molecule has 1 unspecified atom stereocenters. The van der Waals surface area contributed by atoms with Crippen molar-refractivity contribution in [1.29, 1.82) is 0 Å². The number of rotatable bonds is 3. The number of phenols is 1. The average molecular weight is 297 g/mol. The van der Waals surface area contributed by atoms with Crippen molar-refractivity contribution >= 4 is 0 Å². The molecule has 1 atom stereocenters. The van der Waals surface area contributed by atoms with E-state index in [2.05, 4.69) is 31.3 Å². The summed E-state index contributed by atoms with van der Waals surface area (Å²) in [6.07, 6.45) is 1.92. The van der Waals surface area contributed by atoms with E-state index in [9.17, 15) is 5.11 Å². The number of aromatic hydroxyl groups is 1. The lowest BCUT2D eigenvalue weighted by atomic mass is 9.89. The van der Waals surface area contributed by atoms with Crippen molar-refractivity contribution in [2.45, 2.75) is 32.7 Å². The zero-order valence-corrected chi connectivity index (χ0v) is 13.4. The first-order valence-electron chi connectivity index (χ1n) is 7.77. The first-order valence-corrected chi connectivity index (χ1v) is 7.77. The fraction of sp³-hybridized carbons (Fsp3) is 0.368. The lowest BCUT2D eigenvalue weighted by Crippen LogP contribution is -2.31. The normalized spacial score (nSPS) is 17.1. The molecule has 0 fully saturated rings. The molecule has 3 nitrogen and oxygen atoms in total. The van der Waals surface area contributed by atoms with Crippen LogP contribution in [0.5, 0.6) is 11.5 Å². The molecule has 2 aromatic rings. The molecule has 2 aromatic carbocycles. The van der Waals surface area contributed by atoms with Gasteiger partial charge in [-0.1, -0.05) is 18.2 Å². The van der Waals surface area contributed by atoms with Crippen LogP contribution in [0.2, 0.25) is 0 Å². The first kappa shape index (κ1) is 14.9. The number of hydrogen-bond donors (Lipinski definition) is 2. The van der Waals surface area contributed by atoms with E-state index in [1.54, 1.807) is 13.2 Å². The number of phenolic OH excluding ortho intramolecular Hbond substituents is 1. The molecular weight excluding hydrogens is 274 g/mol. The zero-order chi connectivity index (χ0) is 15.7. The van der Waals surface area contributed by atoms with Crippen LogP contribution in [0.4, 0.5) is 0 Å². The Kier molecular flexibility index (Phi) is 4.08. The first-order chi connectivity index (χ1) is 10.6. The van der Waals surface area contributed by atoms with E-state index in [0.29, 0.717) is 11.8 Å². The van der Waals surface area contributed by atoms with Gasteiger partial charge in [0.25, 0.3) is 0 Å². The summed E-state index contributed by atoms with van der Waals surface area (Å²) in [5.41, 5.74) is 6.23. The van der Waals surface area contributed by atoms with Gasteiger partial charge in [0.2, 0.25) is 0 Å². The van der Waals surface area contributed by atoms with Gasteiger partial charge < -0.3 is 15.2 Å². The van der Waals surface area contributed by atoms with Crippen molar-refractivity contribution in [2.24, 2.45) is 0 Å². The molecule has 1 aliphatic rings. The maximum atomic E-state index is 9.66. The SMILES string of the molecule is COc1c(C)cc(CC2NCCc3cc(O)ccc32)cc1C. The largest absolute Gasteiger partial charge is 0.508 e. The van der Waals surface area contributed by atoms with Gasteiger partial charge in [0.1, 0.15) is 11.5 Å². The molecule has 0 aromatic heterocycles. The van der Waals surface area contributed by atoms with E-state index in [0.717, 1.165) is 25.1 Å². The molecule has 3 rings (SSSR count). The standard InChI is InChI=1S/C19H23NO2/c1-12-8-14(9-13(2)19(12)22-3)10-18-17-5-4-16(21)11-15(17)6-7-20-18/h4-5,8-9,11,18,20-21H,6-7,10H2,1-3H3. The summed E-state index contributed by atoms with van der Waals surface area (Å²) in [5, 5.41) is 13.3. The van der Waals surface area contributed by atoms with Crippen LogP contribution in [0.15, 0.2) is 30.3 Å². The molecule has 0 spiro atoms. The number of methoxy groups -OCH3 is 1. The van der Waals surface area contributed by atoms with Gasteiger partial charge >= 0.3 is 0 Å². The van der Waals surface area contributed by atoms with Crippen molar-refractivity contribution in [2.75, 3.05) is 13.7 Å². The highest BCUT2D eigenvalue weighted by molar-refractivity contribution is 5.45. The van der Waals surface area contributed by atoms with E-state index in [1.165, 1.54) is 27.8 Å². The van der Waals surface area contributed by atoms with Crippen LogP contribution in [-0.2, 0) is 12.8 Å². The zero-order valence-electron chi connectivity index (χ0n) is 13.4. The van der Waals surface area contributed by atoms with Crippen LogP contribution >= 0.6 is 0 Å². The van der Waals surface area contributed by atoms with Gasteiger partial charge in [-0.25, -0.2) is 0 Å². The minimum Gasteiger partial charge on any atom is -0.508 e. The van der Waals surface area contributed by atoms with E-state index < -0.39 is 0 Å². The summed E-state index contributed by atoms with van der Waals surface area (Å²) in [4.78, 5) is 0. The van der Waals surface area contributed by atoms with Crippen molar-refractivity contribution in [3.05, 3.63) is 58.1 Å². The lowest BCUT2D eigenvalue weighted by Gasteiger charge is -2.27. The van der Waals surface area contributed by atoms with Gasteiger partial charge in [-0.3, -0.25) is 0 Å². The molecule has 0 radical (unpaired) electrons. The van der Waals surface area contributed by atoms with Crippen LogP contribution in [0, 0.1) is 13.8 Å². The highest BCUT2D eigenvalue weighted by Crippen LogP contribution is 2.31.